The monoisotopic (exact) mass is 1200 g/mol. The second-order valence-corrected chi connectivity index (χ2v) is 28.4. The van der Waals surface area contributed by atoms with Crippen molar-refractivity contribution in [3.8, 4) is 101 Å². The number of hydrogen-bond acceptors (Lipinski definition) is 4. The van der Waals surface area contributed by atoms with E-state index in [4.69, 9.17) is 9.97 Å². The van der Waals surface area contributed by atoms with Gasteiger partial charge in [0.2, 0.25) is 0 Å². The number of fused-ring (bicyclic) bond motifs is 22. The van der Waals surface area contributed by atoms with E-state index in [9.17, 15) is 0 Å². The summed E-state index contributed by atoms with van der Waals surface area (Å²) in [5, 5.41) is 5.46. The summed E-state index contributed by atoms with van der Waals surface area (Å²) in [5.74, 6) is 1.80. The third-order valence-corrected chi connectivity index (χ3v) is 25.0. The third-order valence-electron chi connectivity index (χ3n) is 20.0. The quantitative estimate of drug-likeness (QED) is 0.156. The number of nitrogens with zero attached hydrogens (tertiary/aromatic N) is 6. The summed E-state index contributed by atoms with van der Waals surface area (Å²) < 4.78 is 4.66. The minimum atomic E-state index is -3.26. The van der Waals surface area contributed by atoms with Crippen molar-refractivity contribution in [2.45, 2.75) is 0 Å². The summed E-state index contributed by atoms with van der Waals surface area (Å²) >= 11 is 0. The van der Waals surface area contributed by atoms with Gasteiger partial charge < -0.3 is 9.80 Å². The van der Waals surface area contributed by atoms with Crippen molar-refractivity contribution in [2.75, 3.05) is 9.80 Å². The summed E-state index contributed by atoms with van der Waals surface area (Å²) in [7, 11) is -3.26. The molecule has 2 aromatic heterocycles. The average molecular weight is 1200 g/mol. The predicted octanol–water partition coefficient (Wildman–Crippen LogP) is 19.3. The Kier molecular flexibility index (Phi) is 11.1. The molecule has 432 valence electrons. The first-order valence-electron chi connectivity index (χ1n) is 32.0. The van der Waals surface area contributed by atoms with Gasteiger partial charge in [-0.25, -0.2) is 9.97 Å². The molecule has 0 aliphatic carbocycles. The van der Waals surface area contributed by atoms with Crippen LogP contribution in [0.4, 0.5) is 34.1 Å². The maximum Gasteiger partial charge on any atom is 0.182 e. The molecule has 1 spiro atoms. The third kappa shape index (κ3) is 7.39. The molecule has 0 unspecified atom stereocenters. The smallest absolute Gasteiger partial charge is 0.182 e. The van der Waals surface area contributed by atoms with E-state index < -0.39 is 8.07 Å². The van der Waals surface area contributed by atoms with E-state index in [1.165, 1.54) is 87.5 Å². The summed E-state index contributed by atoms with van der Waals surface area (Å²) in [4.78, 5) is 16.0. The number of aromatic nitrogens is 4. The molecule has 0 N–H and O–H groups in total. The van der Waals surface area contributed by atoms with Crippen molar-refractivity contribution in [2.24, 2.45) is 0 Å². The fraction of sp³-hybridized carbons (Fsp3) is 0. The molecule has 0 amide bonds. The first kappa shape index (κ1) is 51.7. The zero-order valence-electron chi connectivity index (χ0n) is 50.4. The van der Waals surface area contributed by atoms with Crippen LogP contribution in [-0.2, 0) is 0 Å². The van der Waals surface area contributed by atoms with Gasteiger partial charge in [0, 0.05) is 56.1 Å². The summed E-state index contributed by atoms with van der Waals surface area (Å²) in [5.41, 5.74) is 29.7. The molecule has 6 heterocycles. The zero-order chi connectivity index (χ0) is 60.9. The van der Waals surface area contributed by atoms with Crippen molar-refractivity contribution in [3.05, 3.63) is 328 Å². The second-order valence-electron chi connectivity index (χ2n) is 24.8. The molecule has 4 aliphatic heterocycles. The minimum absolute atomic E-state index is 0.901. The van der Waals surface area contributed by atoms with Gasteiger partial charge in [-0.1, -0.05) is 218 Å². The first-order chi connectivity index (χ1) is 46.2. The van der Waals surface area contributed by atoms with Crippen LogP contribution in [0.25, 0.3) is 123 Å². The van der Waals surface area contributed by atoms with E-state index in [-0.39, 0.29) is 0 Å². The first-order valence-corrected chi connectivity index (χ1v) is 34.0. The van der Waals surface area contributed by atoms with Gasteiger partial charge >= 0.3 is 0 Å². The Balaban J connectivity index is 0.877. The molecule has 0 radical (unpaired) electrons. The topological polar surface area (TPSA) is 42.1 Å². The number of imidazole rings is 2. The normalized spacial score (nSPS) is 13.2. The molecule has 93 heavy (non-hydrogen) atoms. The van der Waals surface area contributed by atoms with Gasteiger partial charge in [0.15, 0.2) is 8.07 Å². The number of para-hydroxylation sites is 10. The Hall–Kier alpha value is -12.2. The second kappa shape index (κ2) is 19.9. The van der Waals surface area contributed by atoms with E-state index in [1.54, 1.807) is 0 Å². The van der Waals surface area contributed by atoms with Crippen molar-refractivity contribution >= 4 is 85.0 Å². The molecule has 6 nitrogen and oxygen atoms in total. The van der Waals surface area contributed by atoms with Gasteiger partial charge in [0.05, 0.1) is 44.8 Å². The molecule has 0 bridgehead atoms. The van der Waals surface area contributed by atoms with Crippen LogP contribution in [0.15, 0.2) is 328 Å². The Bertz CT molecular complexity index is 5310. The van der Waals surface area contributed by atoms with Crippen molar-refractivity contribution in [1.82, 2.24) is 19.1 Å². The molecular weight excluding hydrogens is 1150 g/mol. The van der Waals surface area contributed by atoms with Crippen molar-refractivity contribution in [3.63, 3.8) is 0 Å². The van der Waals surface area contributed by atoms with Crippen molar-refractivity contribution < 1.29 is 0 Å². The van der Waals surface area contributed by atoms with Crippen LogP contribution in [0, 0.1) is 0 Å². The van der Waals surface area contributed by atoms with Crippen LogP contribution < -0.4 is 30.5 Å². The molecule has 0 saturated carbocycles. The maximum atomic E-state index is 5.50. The number of hydrogen-bond donors (Lipinski definition) is 0. The number of benzene rings is 14. The van der Waals surface area contributed by atoms with Gasteiger partial charge in [0.25, 0.3) is 0 Å². The van der Waals surface area contributed by atoms with Gasteiger partial charge in [-0.2, -0.15) is 0 Å². The Morgan fingerprint density at radius 3 is 0.871 bits per heavy atom. The SMILES string of the molecule is c1ccc(-n2c(-c3ccc4c(c3)-c3cc(-c5nc6ccccc6n5-c5ccccc5)ccc3[Si]43c4ccc(N5c6ccccc6-c6ccccc6-c6ccccc65)cc4-c4cc(N5c6ccccc6-c6ccccc6-c6ccccc65)ccc43)nc3ccccc32)cc1. The standard InChI is InChI=1S/C86H54N6Si/c1-3-23-57(24-4-1)91-79-41-21-15-35-73(79)87-85(91)55-43-47-81-69(51-55)70-52-56(86-88-74-36-16-22-42-80(74)92(86)58-25-5-2-6-26-58)44-48-82(70)93(81)83-49-45-59(89-75-37-17-11-31-65(75)61-27-7-8-28-62(61)66-32-12-18-38-76(66)89)53-71(83)72-54-60(46-50-84(72)93)90-77-39-19-13-33-67(77)63-29-9-10-30-64(63)68-34-14-20-40-78(68)90/h1-54H. The zero-order valence-corrected chi connectivity index (χ0v) is 51.4. The van der Waals surface area contributed by atoms with E-state index in [0.29, 0.717) is 0 Å². The van der Waals surface area contributed by atoms with Crippen LogP contribution in [0.3, 0.4) is 0 Å². The van der Waals surface area contributed by atoms with E-state index in [2.05, 4.69) is 347 Å². The van der Waals surface area contributed by atoms with Gasteiger partial charge in [0.1, 0.15) is 11.6 Å². The Labute approximate surface area is 539 Å². The molecule has 14 aromatic carbocycles. The largest absolute Gasteiger partial charge is 0.309 e. The summed E-state index contributed by atoms with van der Waals surface area (Å²) in [6, 6.07) is 122. The van der Waals surface area contributed by atoms with Crippen LogP contribution >= 0.6 is 0 Å². The summed E-state index contributed by atoms with van der Waals surface area (Å²) in [6.07, 6.45) is 0. The summed E-state index contributed by atoms with van der Waals surface area (Å²) in [6.45, 7) is 0. The van der Waals surface area contributed by atoms with Crippen LogP contribution in [-0.4, -0.2) is 27.2 Å². The van der Waals surface area contributed by atoms with E-state index in [0.717, 1.165) is 90.3 Å². The predicted molar refractivity (Wildman–Crippen MR) is 386 cm³/mol. The lowest BCUT2D eigenvalue weighted by atomic mass is 9.95. The molecule has 16 aromatic rings. The lowest BCUT2D eigenvalue weighted by molar-refractivity contribution is 1.10. The minimum Gasteiger partial charge on any atom is -0.309 e. The lowest BCUT2D eigenvalue weighted by Crippen LogP contribution is -2.70. The molecule has 4 aliphatic rings. The highest BCUT2D eigenvalue weighted by atomic mass is 28.3. The molecule has 20 rings (SSSR count). The highest BCUT2D eigenvalue weighted by Crippen LogP contribution is 2.54. The van der Waals surface area contributed by atoms with Gasteiger partial charge in [-0.15, -0.1) is 0 Å². The molecule has 0 saturated heterocycles. The number of anilines is 6. The molecule has 0 atom stereocenters. The fourth-order valence-electron chi connectivity index (χ4n) is 16.2. The van der Waals surface area contributed by atoms with Crippen LogP contribution in [0.2, 0.25) is 0 Å². The fourth-order valence-corrected chi connectivity index (χ4v) is 21.7. The number of rotatable bonds is 6. The highest BCUT2D eigenvalue weighted by molar-refractivity contribution is 7.24. The van der Waals surface area contributed by atoms with Crippen LogP contribution in [0.1, 0.15) is 0 Å². The van der Waals surface area contributed by atoms with Gasteiger partial charge in [-0.3, -0.25) is 9.13 Å². The Morgan fingerprint density at radius 1 is 0.215 bits per heavy atom. The molecule has 0 fully saturated rings. The van der Waals surface area contributed by atoms with Crippen LogP contribution in [0.5, 0.6) is 0 Å². The lowest BCUT2D eigenvalue weighted by Gasteiger charge is -2.30. The van der Waals surface area contributed by atoms with E-state index in [1.807, 2.05) is 0 Å². The van der Waals surface area contributed by atoms with E-state index >= 15 is 0 Å². The molecular formula is C86H54N6Si. The highest BCUT2D eigenvalue weighted by Gasteiger charge is 2.55. The maximum absolute atomic E-state index is 5.50. The average Bonchev–Trinajstić information content (AvgIpc) is 1.50. The van der Waals surface area contributed by atoms with Crippen molar-refractivity contribution in [1.29, 1.82) is 0 Å². The molecule has 7 heteroatoms. The van der Waals surface area contributed by atoms with Gasteiger partial charge in [-0.05, 0) is 174 Å². The Morgan fingerprint density at radius 2 is 0.505 bits per heavy atom.